The van der Waals surface area contributed by atoms with Gasteiger partial charge in [-0.3, -0.25) is 0 Å². The van der Waals surface area contributed by atoms with Crippen LogP contribution in [0.25, 0.3) is 0 Å². The van der Waals surface area contributed by atoms with Crippen LogP contribution in [-0.2, 0) is 11.3 Å². The fraction of sp³-hybridized carbons (Fsp3) is 0.667. The number of hydrogen-bond acceptors (Lipinski definition) is 4. The molecular formula is C18H28F3IN4O2. The molecule has 0 amide bonds. The fourth-order valence-electron chi connectivity index (χ4n) is 2.30. The Morgan fingerprint density at radius 1 is 1.39 bits per heavy atom. The summed E-state index contributed by atoms with van der Waals surface area (Å²) in [4.78, 5) is 10.3. The first-order chi connectivity index (χ1) is 12.9. The monoisotopic (exact) mass is 516 g/mol. The summed E-state index contributed by atoms with van der Waals surface area (Å²) in [5.74, 6) is 1.32. The van der Waals surface area contributed by atoms with Crippen LogP contribution in [0.15, 0.2) is 23.3 Å². The van der Waals surface area contributed by atoms with Gasteiger partial charge in [0.25, 0.3) is 0 Å². The summed E-state index contributed by atoms with van der Waals surface area (Å²) in [6.07, 6.45) is -0.505. The van der Waals surface area contributed by atoms with Gasteiger partial charge in [0, 0.05) is 38.5 Å². The van der Waals surface area contributed by atoms with Crippen molar-refractivity contribution in [2.24, 2.45) is 10.9 Å². The molecule has 1 aliphatic carbocycles. The van der Waals surface area contributed by atoms with Gasteiger partial charge in [0.05, 0.1) is 13.2 Å². The van der Waals surface area contributed by atoms with Crippen LogP contribution in [0, 0.1) is 5.92 Å². The van der Waals surface area contributed by atoms with Gasteiger partial charge in [-0.2, -0.15) is 13.2 Å². The van der Waals surface area contributed by atoms with Crippen molar-refractivity contribution in [3.05, 3.63) is 23.9 Å². The van der Waals surface area contributed by atoms with Gasteiger partial charge in [-0.25, -0.2) is 9.98 Å². The summed E-state index contributed by atoms with van der Waals surface area (Å²) >= 11 is 0. The van der Waals surface area contributed by atoms with Crippen LogP contribution in [0.4, 0.5) is 13.2 Å². The smallest absolute Gasteiger partial charge is 0.422 e. The summed E-state index contributed by atoms with van der Waals surface area (Å²) in [6, 6.07) is 3.30. The molecule has 1 aromatic heterocycles. The largest absolute Gasteiger partial charge is 0.468 e. The van der Waals surface area contributed by atoms with Crippen molar-refractivity contribution < 1.29 is 22.6 Å². The zero-order chi connectivity index (χ0) is 19.7. The molecule has 1 saturated carbocycles. The van der Waals surface area contributed by atoms with Gasteiger partial charge >= 0.3 is 6.18 Å². The van der Waals surface area contributed by atoms with Crippen molar-refractivity contribution in [1.29, 1.82) is 0 Å². The Balaban J connectivity index is 0.00000392. The Kier molecular flexibility index (Phi) is 10.9. The minimum atomic E-state index is -4.41. The number of nitrogens with one attached hydrogen (secondary N) is 1. The van der Waals surface area contributed by atoms with Crippen molar-refractivity contribution in [3.63, 3.8) is 0 Å². The lowest BCUT2D eigenvalue weighted by Crippen LogP contribution is -2.40. The Labute approximate surface area is 180 Å². The van der Waals surface area contributed by atoms with E-state index in [1.807, 2.05) is 18.9 Å². The number of aromatic nitrogens is 1. The van der Waals surface area contributed by atoms with Crippen molar-refractivity contribution in [3.8, 4) is 5.88 Å². The van der Waals surface area contributed by atoms with Crippen LogP contribution in [0.1, 0.15) is 25.3 Å². The average Bonchev–Trinajstić information content (AvgIpc) is 3.44. The molecule has 2 rings (SSSR count). The average molecular weight is 516 g/mol. The standard InChI is InChI=1S/C18H27F3N4O2.HI/c1-3-22-17(25(2)9-10-26-12-14-6-7-14)24-11-15-5-4-8-23-16(15)27-13-18(19,20)21;/h4-5,8,14H,3,6-7,9-13H2,1-2H3,(H,22,24);1H. The third kappa shape index (κ3) is 9.76. The van der Waals surface area contributed by atoms with Gasteiger partial charge in [0.2, 0.25) is 5.88 Å². The molecule has 1 N–H and O–H groups in total. The van der Waals surface area contributed by atoms with Gasteiger partial charge < -0.3 is 19.7 Å². The molecule has 10 heteroatoms. The number of aliphatic imine (C=N–C) groups is 1. The van der Waals surface area contributed by atoms with Gasteiger partial charge in [-0.1, -0.05) is 6.07 Å². The number of halogens is 4. The molecule has 1 fully saturated rings. The lowest BCUT2D eigenvalue weighted by atomic mass is 10.3. The predicted octanol–water partition coefficient (Wildman–Crippen LogP) is 3.46. The molecule has 0 spiro atoms. The Hall–Kier alpha value is -1.30. The molecular weight excluding hydrogens is 488 g/mol. The Bertz CT molecular complexity index is 613. The Morgan fingerprint density at radius 2 is 2.14 bits per heavy atom. The van der Waals surface area contributed by atoms with E-state index in [4.69, 9.17) is 9.47 Å². The third-order valence-corrected chi connectivity index (χ3v) is 3.94. The van der Waals surface area contributed by atoms with E-state index < -0.39 is 12.8 Å². The van der Waals surface area contributed by atoms with Crippen LogP contribution in [0.3, 0.4) is 0 Å². The molecule has 0 bridgehead atoms. The molecule has 6 nitrogen and oxygen atoms in total. The number of likely N-dealkylation sites (N-methyl/N-ethyl adjacent to an activating group) is 1. The van der Waals surface area contributed by atoms with E-state index >= 15 is 0 Å². The van der Waals surface area contributed by atoms with E-state index in [1.54, 1.807) is 12.1 Å². The van der Waals surface area contributed by atoms with Gasteiger partial charge in [0.1, 0.15) is 0 Å². The molecule has 28 heavy (non-hydrogen) atoms. The molecule has 1 heterocycles. The molecule has 0 radical (unpaired) electrons. The topological polar surface area (TPSA) is 59.0 Å². The summed E-state index contributed by atoms with van der Waals surface area (Å²) in [5.41, 5.74) is 0.496. The quantitative estimate of drug-likeness (QED) is 0.224. The highest BCUT2D eigenvalue weighted by molar-refractivity contribution is 14.0. The number of alkyl halides is 3. The van der Waals surface area contributed by atoms with Crippen LogP contribution in [-0.4, -0.2) is 62.0 Å². The third-order valence-electron chi connectivity index (χ3n) is 3.94. The highest BCUT2D eigenvalue weighted by Crippen LogP contribution is 2.28. The van der Waals surface area contributed by atoms with Crippen molar-refractivity contribution in [1.82, 2.24) is 15.2 Å². The van der Waals surface area contributed by atoms with Crippen LogP contribution in [0.5, 0.6) is 5.88 Å². The van der Waals surface area contributed by atoms with E-state index in [9.17, 15) is 13.2 Å². The van der Waals surface area contributed by atoms with Crippen LogP contribution >= 0.6 is 24.0 Å². The van der Waals surface area contributed by atoms with Crippen LogP contribution < -0.4 is 10.1 Å². The maximum atomic E-state index is 12.4. The number of nitrogens with zero attached hydrogens (tertiary/aromatic N) is 3. The summed E-state index contributed by atoms with van der Waals surface area (Å²) < 4.78 is 47.6. The van der Waals surface area contributed by atoms with Crippen molar-refractivity contribution >= 4 is 29.9 Å². The number of guanidine groups is 1. The van der Waals surface area contributed by atoms with E-state index in [-0.39, 0.29) is 36.4 Å². The molecule has 1 aliphatic rings. The summed E-state index contributed by atoms with van der Waals surface area (Å²) in [5, 5.41) is 3.17. The molecule has 0 unspecified atom stereocenters. The lowest BCUT2D eigenvalue weighted by Gasteiger charge is -2.22. The maximum absolute atomic E-state index is 12.4. The van der Waals surface area contributed by atoms with Gasteiger partial charge in [-0.15, -0.1) is 24.0 Å². The number of rotatable bonds is 10. The van der Waals surface area contributed by atoms with Crippen molar-refractivity contribution in [2.75, 3.05) is 40.0 Å². The van der Waals surface area contributed by atoms with E-state index in [2.05, 4.69) is 15.3 Å². The summed E-state index contributed by atoms with van der Waals surface area (Å²) in [7, 11) is 1.90. The minimum absolute atomic E-state index is 0. The van der Waals surface area contributed by atoms with Gasteiger partial charge in [-0.05, 0) is 31.7 Å². The molecule has 0 atom stereocenters. The summed E-state index contributed by atoms with van der Waals surface area (Å²) in [6.45, 7) is 3.49. The second-order valence-electron chi connectivity index (χ2n) is 6.48. The first-order valence-electron chi connectivity index (χ1n) is 9.09. The molecule has 0 aromatic carbocycles. The second-order valence-corrected chi connectivity index (χ2v) is 6.48. The molecule has 1 aromatic rings. The predicted molar refractivity (Wildman–Crippen MR) is 112 cm³/mol. The fourth-order valence-corrected chi connectivity index (χ4v) is 2.30. The van der Waals surface area contributed by atoms with E-state index in [0.717, 1.165) is 12.5 Å². The zero-order valence-corrected chi connectivity index (χ0v) is 18.5. The lowest BCUT2D eigenvalue weighted by molar-refractivity contribution is -0.154. The number of pyridine rings is 1. The van der Waals surface area contributed by atoms with E-state index in [0.29, 0.717) is 31.2 Å². The Morgan fingerprint density at radius 3 is 2.79 bits per heavy atom. The first-order valence-corrected chi connectivity index (χ1v) is 9.09. The molecule has 0 saturated heterocycles. The molecule has 160 valence electrons. The van der Waals surface area contributed by atoms with E-state index in [1.165, 1.54) is 19.0 Å². The van der Waals surface area contributed by atoms with Crippen molar-refractivity contribution in [2.45, 2.75) is 32.5 Å². The number of hydrogen-bond donors (Lipinski definition) is 1. The normalized spacial score (nSPS) is 14.4. The SMILES string of the molecule is CCNC(=NCc1cccnc1OCC(F)(F)F)N(C)CCOCC1CC1.I. The highest BCUT2D eigenvalue weighted by Gasteiger charge is 2.29. The first kappa shape index (κ1) is 24.7. The minimum Gasteiger partial charge on any atom is -0.468 e. The van der Waals surface area contributed by atoms with Gasteiger partial charge in [0.15, 0.2) is 12.6 Å². The maximum Gasteiger partial charge on any atom is 0.422 e. The zero-order valence-electron chi connectivity index (χ0n) is 16.2. The number of ether oxygens (including phenoxy) is 2. The highest BCUT2D eigenvalue weighted by atomic mass is 127. The molecule has 0 aliphatic heterocycles. The van der Waals surface area contributed by atoms with Crippen LogP contribution in [0.2, 0.25) is 0 Å². The second kappa shape index (κ2) is 12.3.